The van der Waals surface area contributed by atoms with E-state index in [0.29, 0.717) is 5.56 Å². The first-order chi connectivity index (χ1) is 9.02. The standard InChI is InChI=1S/C15H15BrFNO/c1-9-3-5-11(13(17)7-9)15(18)10-4-6-14(19-2)12(16)8-10/h3-8,15H,18H2,1-2H3. The molecule has 0 heterocycles. The molecule has 2 rings (SSSR count). The second kappa shape index (κ2) is 5.72. The monoisotopic (exact) mass is 323 g/mol. The molecule has 0 aromatic heterocycles. The molecule has 0 saturated heterocycles. The molecule has 0 radical (unpaired) electrons. The minimum absolute atomic E-state index is 0.278. The highest BCUT2D eigenvalue weighted by Crippen LogP contribution is 2.30. The Morgan fingerprint density at radius 3 is 2.53 bits per heavy atom. The van der Waals surface area contributed by atoms with Crippen LogP contribution < -0.4 is 10.5 Å². The molecule has 19 heavy (non-hydrogen) atoms. The van der Waals surface area contributed by atoms with Crippen molar-refractivity contribution in [2.45, 2.75) is 13.0 Å². The van der Waals surface area contributed by atoms with E-state index in [9.17, 15) is 4.39 Å². The lowest BCUT2D eigenvalue weighted by atomic mass is 9.98. The maximum absolute atomic E-state index is 13.9. The maximum atomic E-state index is 13.9. The summed E-state index contributed by atoms with van der Waals surface area (Å²) in [6.45, 7) is 1.85. The second-order valence-corrected chi connectivity index (χ2v) is 5.25. The van der Waals surface area contributed by atoms with Crippen molar-refractivity contribution in [1.82, 2.24) is 0 Å². The van der Waals surface area contributed by atoms with E-state index in [1.165, 1.54) is 6.07 Å². The predicted molar refractivity (Wildman–Crippen MR) is 77.9 cm³/mol. The minimum Gasteiger partial charge on any atom is -0.496 e. The van der Waals surface area contributed by atoms with Gasteiger partial charge in [-0.05, 0) is 52.2 Å². The van der Waals surface area contributed by atoms with Crippen LogP contribution in [0.1, 0.15) is 22.7 Å². The van der Waals surface area contributed by atoms with Crippen molar-refractivity contribution in [1.29, 1.82) is 0 Å². The third-order valence-electron chi connectivity index (χ3n) is 3.03. The molecule has 0 aliphatic heterocycles. The van der Waals surface area contributed by atoms with Crippen molar-refractivity contribution < 1.29 is 9.13 Å². The van der Waals surface area contributed by atoms with E-state index in [1.807, 2.05) is 31.2 Å². The summed E-state index contributed by atoms with van der Waals surface area (Å²) in [5.41, 5.74) is 8.32. The molecule has 0 saturated carbocycles. The molecule has 4 heteroatoms. The number of aryl methyl sites for hydroxylation is 1. The number of methoxy groups -OCH3 is 1. The average molecular weight is 324 g/mol. The smallest absolute Gasteiger partial charge is 0.133 e. The third-order valence-corrected chi connectivity index (χ3v) is 3.65. The highest BCUT2D eigenvalue weighted by molar-refractivity contribution is 9.10. The first-order valence-corrected chi connectivity index (χ1v) is 6.67. The lowest BCUT2D eigenvalue weighted by Gasteiger charge is -2.15. The highest BCUT2D eigenvalue weighted by atomic mass is 79.9. The van der Waals surface area contributed by atoms with Crippen LogP contribution in [0.25, 0.3) is 0 Å². The molecule has 100 valence electrons. The molecule has 2 nitrogen and oxygen atoms in total. The quantitative estimate of drug-likeness (QED) is 0.928. The Balaban J connectivity index is 2.38. The van der Waals surface area contributed by atoms with Crippen LogP contribution in [0.5, 0.6) is 5.75 Å². The van der Waals surface area contributed by atoms with Crippen LogP contribution in [0.2, 0.25) is 0 Å². The van der Waals surface area contributed by atoms with Crippen molar-refractivity contribution >= 4 is 15.9 Å². The number of benzene rings is 2. The Bertz CT molecular complexity index is 601. The van der Waals surface area contributed by atoms with Gasteiger partial charge in [0, 0.05) is 5.56 Å². The van der Waals surface area contributed by atoms with Crippen molar-refractivity contribution in [3.05, 3.63) is 63.4 Å². The van der Waals surface area contributed by atoms with E-state index in [4.69, 9.17) is 10.5 Å². The molecule has 2 N–H and O–H groups in total. The molecule has 2 aromatic rings. The molecule has 2 aromatic carbocycles. The minimum atomic E-state index is -0.497. The summed E-state index contributed by atoms with van der Waals surface area (Å²) in [4.78, 5) is 0. The maximum Gasteiger partial charge on any atom is 0.133 e. The Morgan fingerprint density at radius 2 is 1.95 bits per heavy atom. The van der Waals surface area contributed by atoms with Gasteiger partial charge in [0.1, 0.15) is 11.6 Å². The van der Waals surface area contributed by atoms with E-state index in [1.54, 1.807) is 13.2 Å². The topological polar surface area (TPSA) is 35.2 Å². The summed E-state index contributed by atoms with van der Waals surface area (Å²) in [5, 5.41) is 0. The van der Waals surface area contributed by atoms with Gasteiger partial charge in [-0.3, -0.25) is 0 Å². The SMILES string of the molecule is COc1ccc(C(N)c2ccc(C)cc2F)cc1Br. The third kappa shape index (κ3) is 2.96. The van der Waals surface area contributed by atoms with Crippen molar-refractivity contribution in [2.24, 2.45) is 5.73 Å². The van der Waals surface area contributed by atoms with Gasteiger partial charge in [-0.15, -0.1) is 0 Å². The first kappa shape index (κ1) is 14.0. The lowest BCUT2D eigenvalue weighted by Crippen LogP contribution is -2.13. The zero-order chi connectivity index (χ0) is 14.0. The number of nitrogens with two attached hydrogens (primary N) is 1. The fourth-order valence-electron chi connectivity index (χ4n) is 1.94. The number of halogens is 2. The summed E-state index contributed by atoms with van der Waals surface area (Å²) >= 11 is 3.40. The first-order valence-electron chi connectivity index (χ1n) is 5.88. The molecule has 0 amide bonds. The zero-order valence-electron chi connectivity index (χ0n) is 10.8. The van der Waals surface area contributed by atoms with Crippen LogP contribution in [-0.4, -0.2) is 7.11 Å². The van der Waals surface area contributed by atoms with E-state index in [0.717, 1.165) is 21.3 Å². The second-order valence-electron chi connectivity index (χ2n) is 4.40. The van der Waals surface area contributed by atoms with Gasteiger partial charge in [-0.1, -0.05) is 18.2 Å². The van der Waals surface area contributed by atoms with E-state index >= 15 is 0 Å². The van der Waals surface area contributed by atoms with Crippen LogP contribution in [0.3, 0.4) is 0 Å². The number of hydrogen-bond acceptors (Lipinski definition) is 2. The molecule has 0 spiro atoms. The van der Waals surface area contributed by atoms with Gasteiger partial charge in [0.15, 0.2) is 0 Å². The van der Waals surface area contributed by atoms with Crippen LogP contribution in [0.15, 0.2) is 40.9 Å². The summed E-state index contributed by atoms with van der Waals surface area (Å²) in [7, 11) is 1.60. The van der Waals surface area contributed by atoms with Crippen LogP contribution in [0.4, 0.5) is 4.39 Å². The van der Waals surface area contributed by atoms with Crippen molar-refractivity contribution in [3.8, 4) is 5.75 Å². The van der Waals surface area contributed by atoms with Gasteiger partial charge in [-0.2, -0.15) is 0 Å². The summed E-state index contributed by atoms with van der Waals surface area (Å²) in [6, 6.07) is 10.1. The molecule has 1 atom stereocenters. The summed E-state index contributed by atoms with van der Waals surface area (Å²) in [5.74, 6) is 0.444. The molecule has 1 unspecified atom stereocenters. The number of rotatable bonds is 3. The zero-order valence-corrected chi connectivity index (χ0v) is 12.4. The van der Waals surface area contributed by atoms with Crippen LogP contribution in [-0.2, 0) is 0 Å². The van der Waals surface area contributed by atoms with E-state index in [2.05, 4.69) is 15.9 Å². The molecule has 0 aliphatic rings. The fraction of sp³-hybridized carbons (Fsp3) is 0.200. The molecule has 0 fully saturated rings. The predicted octanol–water partition coefficient (Wildman–Crippen LogP) is 3.95. The van der Waals surface area contributed by atoms with Crippen LogP contribution in [0, 0.1) is 12.7 Å². The Morgan fingerprint density at radius 1 is 1.21 bits per heavy atom. The average Bonchev–Trinajstić information content (AvgIpc) is 2.38. The molecular formula is C15H15BrFNO. The van der Waals surface area contributed by atoms with Gasteiger partial charge in [-0.25, -0.2) is 4.39 Å². The fourth-order valence-corrected chi connectivity index (χ4v) is 2.50. The molecule has 0 bridgehead atoms. The Labute approximate surface area is 120 Å². The van der Waals surface area contributed by atoms with E-state index < -0.39 is 6.04 Å². The van der Waals surface area contributed by atoms with E-state index in [-0.39, 0.29) is 5.82 Å². The van der Waals surface area contributed by atoms with Crippen LogP contribution >= 0.6 is 15.9 Å². The Kier molecular flexibility index (Phi) is 4.22. The normalized spacial score (nSPS) is 12.3. The molecule has 0 aliphatic carbocycles. The van der Waals surface area contributed by atoms with Crippen molar-refractivity contribution in [2.75, 3.05) is 7.11 Å². The van der Waals surface area contributed by atoms with Gasteiger partial charge in [0.25, 0.3) is 0 Å². The number of hydrogen-bond donors (Lipinski definition) is 1. The van der Waals surface area contributed by atoms with Gasteiger partial charge in [0.05, 0.1) is 17.6 Å². The highest BCUT2D eigenvalue weighted by Gasteiger charge is 2.15. The Hall–Kier alpha value is -1.39. The molecular weight excluding hydrogens is 309 g/mol. The summed E-state index contributed by atoms with van der Waals surface area (Å²) in [6.07, 6.45) is 0. The lowest BCUT2D eigenvalue weighted by molar-refractivity contribution is 0.412. The van der Waals surface area contributed by atoms with Gasteiger partial charge in [0.2, 0.25) is 0 Å². The summed E-state index contributed by atoms with van der Waals surface area (Å²) < 4.78 is 19.9. The number of ether oxygens (including phenoxy) is 1. The van der Waals surface area contributed by atoms with Gasteiger partial charge >= 0.3 is 0 Å². The van der Waals surface area contributed by atoms with Gasteiger partial charge < -0.3 is 10.5 Å². The largest absolute Gasteiger partial charge is 0.496 e. The van der Waals surface area contributed by atoms with Crippen molar-refractivity contribution in [3.63, 3.8) is 0 Å².